The molecule has 0 atom stereocenters. The van der Waals surface area contributed by atoms with Crippen LogP contribution in [0.2, 0.25) is 0 Å². The molecule has 0 heterocycles. The average molecular weight is 276 g/mol. The van der Waals surface area contributed by atoms with E-state index >= 15 is 0 Å². The molecule has 1 N–H and O–H groups in total. The van der Waals surface area contributed by atoms with Crippen molar-refractivity contribution in [3.63, 3.8) is 0 Å². The summed E-state index contributed by atoms with van der Waals surface area (Å²) >= 11 is 0. The number of phenolic OH excluding ortho intramolecular Hbond substituents is 1. The van der Waals surface area contributed by atoms with Crippen LogP contribution in [0.1, 0.15) is 11.1 Å². The van der Waals surface area contributed by atoms with Gasteiger partial charge in [-0.05, 0) is 48.6 Å². The summed E-state index contributed by atoms with van der Waals surface area (Å²) in [5.41, 5.74) is 3.23. The average Bonchev–Trinajstić information content (AvgIpc) is 2.47. The molecule has 0 aromatic heterocycles. The van der Waals surface area contributed by atoms with Gasteiger partial charge >= 0.3 is 0 Å². The van der Waals surface area contributed by atoms with E-state index in [2.05, 4.69) is 10.2 Å². The summed E-state index contributed by atoms with van der Waals surface area (Å²) in [5, 5.41) is 20.8. The quantitative estimate of drug-likeness (QED) is 0.610. The predicted octanol–water partition coefficient (Wildman–Crippen LogP) is 5.58. The van der Waals surface area contributed by atoms with Crippen molar-refractivity contribution in [1.82, 2.24) is 0 Å². The highest BCUT2D eigenvalue weighted by atomic mass is 16.3. The van der Waals surface area contributed by atoms with Crippen molar-refractivity contribution >= 4 is 22.1 Å². The molecule has 104 valence electrons. The number of hydrogen-bond acceptors (Lipinski definition) is 3. The second kappa shape index (κ2) is 5.37. The van der Waals surface area contributed by atoms with E-state index in [4.69, 9.17) is 0 Å². The summed E-state index contributed by atoms with van der Waals surface area (Å²) in [7, 11) is 0. The van der Waals surface area contributed by atoms with E-state index in [-0.39, 0.29) is 5.75 Å². The highest BCUT2D eigenvalue weighted by Gasteiger charge is 2.11. The first kappa shape index (κ1) is 13.3. The topological polar surface area (TPSA) is 45.0 Å². The number of azo groups is 1. The van der Waals surface area contributed by atoms with E-state index in [0.29, 0.717) is 5.69 Å². The number of aryl methyl sites for hydroxylation is 2. The fourth-order valence-corrected chi connectivity index (χ4v) is 2.47. The molecule has 0 bridgehead atoms. The molecule has 3 aromatic carbocycles. The molecule has 0 fully saturated rings. The zero-order valence-corrected chi connectivity index (χ0v) is 12.0. The first-order valence-corrected chi connectivity index (χ1v) is 6.85. The molecule has 0 amide bonds. The van der Waals surface area contributed by atoms with Gasteiger partial charge in [0.1, 0.15) is 5.69 Å². The van der Waals surface area contributed by atoms with Gasteiger partial charge in [-0.25, -0.2) is 0 Å². The van der Waals surface area contributed by atoms with Crippen LogP contribution in [0.5, 0.6) is 5.75 Å². The van der Waals surface area contributed by atoms with Crippen molar-refractivity contribution in [3.05, 3.63) is 65.7 Å². The lowest BCUT2D eigenvalue weighted by Crippen LogP contribution is -1.83. The van der Waals surface area contributed by atoms with Crippen LogP contribution in [0.25, 0.3) is 10.8 Å². The third-order valence-electron chi connectivity index (χ3n) is 3.53. The molecule has 0 radical (unpaired) electrons. The lowest BCUT2D eigenvalue weighted by molar-refractivity contribution is 0.482. The van der Waals surface area contributed by atoms with Gasteiger partial charge in [0.25, 0.3) is 0 Å². The van der Waals surface area contributed by atoms with Crippen molar-refractivity contribution in [1.29, 1.82) is 0 Å². The largest absolute Gasteiger partial charge is 0.505 e. The smallest absolute Gasteiger partial charge is 0.151 e. The van der Waals surface area contributed by atoms with Crippen LogP contribution in [0.15, 0.2) is 64.8 Å². The van der Waals surface area contributed by atoms with E-state index in [0.717, 1.165) is 27.6 Å². The Morgan fingerprint density at radius 3 is 2.33 bits per heavy atom. The van der Waals surface area contributed by atoms with Gasteiger partial charge < -0.3 is 5.11 Å². The number of hydrogen-bond donors (Lipinski definition) is 1. The minimum Gasteiger partial charge on any atom is -0.505 e. The highest BCUT2D eigenvalue weighted by molar-refractivity contribution is 5.96. The van der Waals surface area contributed by atoms with Gasteiger partial charge in [0.05, 0.1) is 5.69 Å². The number of fused-ring (bicyclic) bond motifs is 1. The molecule has 0 saturated heterocycles. The predicted molar refractivity (Wildman–Crippen MR) is 85.7 cm³/mol. The molecule has 0 saturated carbocycles. The lowest BCUT2D eigenvalue weighted by Gasteiger charge is -2.09. The van der Waals surface area contributed by atoms with Gasteiger partial charge in [-0.1, -0.05) is 36.4 Å². The second-order valence-electron chi connectivity index (χ2n) is 5.10. The third-order valence-corrected chi connectivity index (χ3v) is 3.53. The van der Waals surface area contributed by atoms with Crippen LogP contribution < -0.4 is 0 Å². The van der Waals surface area contributed by atoms with E-state index < -0.39 is 0 Å². The zero-order chi connectivity index (χ0) is 14.8. The van der Waals surface area contributed by atoms with Crippen LogP contribution >= 0.6 is 0 Å². The molecule has 0 aliphatic rings. The Hall–Kier alpha value is -2.68. The standard InChI is InChI=1S/C18H16N2O/c1-12-7-6-8-14-11-13(2)17(18(21)16(12)14)20-19-15-9-4-3-5-10-15/h3-11,21H,1-2H3. The molecule has 3 aromatic rings. The number of rotatable bonds is 2. The van der Waals surface area contributed by atoms with Gasteiger partial charge in [-0.15, -0.1) is 5.11 Å². The van der Waals surface area contributed by atoms with Gasteiger partial charge in [0, 0.05) is 5.39 Å². The van der Waals surface area contributed by atoms with Crippen LogP contribution in [0.4, 0.5) is 11.4 Å². The summed E-state index contributed by atoms with van der Waals surface area (Å²) in [6.45, 7) is 3.91. The van der Waals surface area contributed by atoms with Crippen LogP contribution in [-0.2, 0) is 0 Å². The highest BCUT2D eigenvalue weighted by Crippen LogP contribution is 2.40. The minimum atomic E-state index is 0.197. The number of nitrogens with zero attached hydrogens (tertiary/aromatic N) is 2. The molecule has 3 nitrogen and oxygen atoms in total. The summed E-state index contributed by atoms with van der Waals surface area (Å²) < 4.78 is 0. The molecule has 3 heteroatoms. The van der Waals surface area contributed by atoms with Crippen LogP contribution in [0.3, 0.4) is 0 Å². The number of benzene rings is 3. The monoisotopic (exact) mass is 276 g/mol. The molecule has 21 heavy (non-hydrogen) atoms. The third kappa shape index (κ3) is 2.50. The summed E-state index contributed by atoms with van der Waals surface area (Å²) in [6, 6.07) is 17.5. The molecule has 0 spiro atoms. The Labute approximate surface area is 123 Å². The minimum absolute atomic E-state index is 0.197. The SMILES string of the molecule is Cc1cc2cccc(C)c2c(O)c1N=Nc1ccccc1. The zero-order valence-electron chi connectivity index (χ0n) is 12.0. The van der Waals surface area contributed by atoms with Crippen LogP contribution in [-0.4, -0.2) is 5.11 Å². The Morgan fingerprint density at radius 1 is 0.810 bits per heavy atom. The van der Waals surface area contributed by atoms with Gasteiger partial charge in [0.2, 0.25) is 0 Å². The summed E-state index contributed by atoms with van der Waals surface area (Å²) in [6.07, 6.45) is 0. The van der Waals surface area contributed by atoms with Crippen molar-refractivity contribution in [2.24, 2.45) is 10.2 Å². The van der Waals surface area contributed by atoms with Crippen molar-refractivity contribution in [2.45, 2.75) is 13.8 Å². The van der Waals surface area contributed by atoms with Gasteiger partial charge in [-0.2, -0.15) is 5.11 Å². The summed E-state index contributed by atoms with van der Waals surface area (Å²) in [4.78, 5) is 0. The van der Waals surface area contributed by atoms with Gasteiger partial charge in [-0.3, -0.25) is 0 Å². The first-order chi connectivity index (χ1) is 10.2. The molecular formula is C18H16N2O. The first-order valence-electron chi connectivity index (χ1n) is 6.85. The van der Waals surface area contributed by atoms with Crippen molar-refractivity contribution in [2.75, 3.05) is 0 Å². The molecule has 0 unspecified atom stereocenters. The van der Waals surface area contributed by atoms with E-state index in [9.17, 15) is 5.11 Å². The Bertz CT molecular complexity index is 823. The fraction of sp³-hybridized carbons (Fsp3) is 0.111. The Morgan fingerprint density at radius 2 is 1.57 bits per heavy atom. The van der Waals surface area contributed by atoms with Crippen molar-refractivity contribution < 1.29 is 5.11 Å². The summed E-state index contributed by atoms with van der Waals surface area (Å²) in [5.74, 6) is 0.197. The molecular weight excluding hydrogens is 260 g/mol. The Balaban J connectivity index is 2.15. The van der Waals surface area contributed by atoms with E-state index in [1.54, 1.807) is 0 Å². The number of aromatic hydroxyl groups is 1. The maximum absolute atomic E-state index is 10.5. The maximum atomic E-state index is 10.5. The maximum Gasteiger partial charge on any atom is 0.151 e. The van der Waals surface area contributed by atoms with E-state index in [1.807, 2.05) is 68.4 Å². The molecule has 3 rings (SSSR count). The van der Waals surface area contributed by atoms with Crippen LogP contribution in [0, 0.1) is 13.8 Å². The Kier molecular flexibility index (Phi) is 3.40. The molecule has 0 aliphatic carbocycles. The van der Waals surface area contributed by atoms with Gasteiger partial charge in [0.15, 0.2) is 5.75 Å². The second-order valence-corrected chi connectivity index (χ2v) is 5.10. The number of phenols is 1. The normalized spacial score (nSPS) is 11.3. The van der Waals surface area contributed by atoms with Crippen molar-refractivity contribution in [3.8, 4) is 5.75 Å². The lowest BCUT2D eigenvalue weighted by atomic mass is 10.0. The molecule has 0 aliphatic heterocycles. The fourth-order valence-electron chi connectivity index (χ4n) is 2.47. The van der Waals surface area contributed by atoms with E-state index in [1.165, 1.54) is 0 Å².